The van der Waals surface area contributed by atoms with Crippen LogP contribution in [0.5, 0.6) is 11.5 Å². The maximum atomic E-state index is 12.1. The lowest BCUT2D eigenvalue weighted by Crippen LogP contribution is -2.41. The highest BCUT2D eigenvalue weighted by Gasteiger charge is 2.52. The molecule has 2 aromatic rings. The first-order chi connectivity index (χ1) is 11.9. The monoisotopic (exact) mass is 342 g/mol. The van der Waals surface area contributed by atoms with Crippen molar-refractivity contribution in [2.24, 2.45) is 5.92 Å². The van der Waals surface area contributed by atoms with Crippen LogP contribution in [0.1, 0.15) is 25.5 Å². The molecule has 1 N–H and O–H groups in total. The highest BCUT2D eigenvalue weighted by atomic mass is 16.6. The van der Waals surface area contributed by atoms with Gasteiger partial charge in [-0.3, -0.25) is 0 Å². The Morgan fingerprint density at radius 1 is 1.04 bits per heavy atom. The number of benzene rings is 2. The average molecular weight is 342 g/mol. The SMILES string of the molecule is COC1C(=O)OC(c2cccc(Oc3ccccc3)c2)C1C(C)(C)O. The predicted octanol–water partition coefficient (Wildman–Crippen LogP) is 3.48. The third-order valence-electron chi connectivity index (χ3n) is 4.36. The zero-order chi connectivity index (χ0) is 18.0. The van der Waals surface area contributed by atoms with Crippen LogP contribution >= 0.6 is 0 Å². The molecule has 0 aromatic heterocycles. The molecule has 2 aromatic carbocycles. The van der Waals surface area contributed by atoms with Gasteiger partial charge in [-0.2, -0.15) is 0 Å². The van der Waals surface area contributed by atoms with Gasteiger partial charge in [0.1, 0.15) is 17.6 Å². The summed E-state index contributed by atoms with van der Waals surface area (Å²) in [6.07, 6.45) is -1.40. The Morgan fingerprint density at radius 2 is 1.72 bits per heavy atom. The van der Waals surface area contributed by atoms with Gasteiger partial charge in [-0.15, -0.1) is 0 Å². The van der Waals surface area contributed by atoms with Crippen molar-refractivity contribution in [1.82, 2.24) is 0 Å². The molecular weight excluding hydrogens is 320 g/mol. The molecule has 5 nitrogen and oxygen atoms in total. The van der Waals surface area contributed by atoms with Crippen LogP contribution < -0.4 is 4.74 Å². The number of carbonyl (C=O) groups is 1. The Kier molecular flexibility index (Phi) is 4.79. The molecule has 1 aliphatic heterocycles. The molecule has 3 atom stereocenters. The van der Waals surface area contributed by atoms with E-state index in [1.165, 1.54) is 7.11 Å². The fourth-order valence-electron chi connectivity index (χ4n) is 3.21. The van der Waals surface area contributed by atoms with Gasteiger partial charge >= 0.3 is 5.97 Å². The highest BCUT2D eigenvalue weighted by molar-refractivity contribution is 5.78. The second-order valence-corrected chi connectivity index (χ2v) is 6.68. The topological polar surface area (TPSA) is 65.0 Å². The summed E-state index contributed by atoms with van der Waals surface area (Å²) in [5, 5.41) is 10.5. The zero-order valence-corrected chi connectivity index (χ0v) is 14.5. The number of cyclic esters (lactones) is 1. The predicted molar refractivity (Wildman–Crippen MR) is 92.4 cm³/mol. The van der Waals surface area contributed by atoms with E-state index in [2.05, 4.69) is 0 Å². The summed E-state index contributed by atoms with van der Waals surface area (Å²) in [6, 6.07) is 16.8. The van der Waals surface area contributed by atoms with E-state index in [0.717, 1.165) is 11.3 Å². The summed E-state index contributed by atoms with van der Waals surface area (Å²) in [6.45, 7) is 3.31. The lowest BCUT2D eigenvalue weighted by molar-refractivity contribution is -0.148. The van der Waals surface area contributed by atoms with E-state index in [1.54, 1.807) is 13.8 Å². The Balaban J connectivity index is 1.90. The second-order valence-electron chi connectivity index (χ2n) is 6.68. The van der Waals surface area contributed by atoms with Crippen molar-refractivity contribution in [1.29, 1.82) is 0 Å². The number of aliphatic hydroxyl groups is 1. The number of rotatable bonds is 5. The second kappa shape index (κ2) is 6.86. The molecule has 5 heteroatoms. The van der Waals surface area contributed by atoms with Crippen molar-refractivity contribution >= 4 is 5.97 Å². The van der Waals surface area contributed by atoms with Crippen LogP contribution in [-0.2, 0) is 14.3 Å². The first kappa shape index (κ1) is 17.5. The maximum Gasteiger partial charge on any atom is 0.336 e. The smallest absolute Gasteiger partial charge is 0.336 e. The van der Waals surface area contributed by atoms with Gasteiger partial charge in [0.2, 0.25) is 0 Å². The number of esters is 1. The molecule has 1 aliphatic rings. The molecule has 3 rings (SSSR count). The van der Waals surface area contributed by atoms with Gasteiger partial charge in [0.05, 0.1) is 11.5 Å². The first-order valence-electron chi connectivity index (χ1n) is 8.18. The number of methoxy groups -OCH3 is 1. The normalized spacial score (nSPS) is 23.4. The summed E-state index contributed by atoms with van der Waals surface area (Å²) in [5.41, 5.74) is -0.387. The van der Waals surface area contributed by atoms with Crippen LogP contribution in [0.4, 0.5) is 0 Å². The molecule has 1 fully saturated rings. The number of carbonyl (C=O) groups excluding carboxylic acids is 1. The Morgan fingerprint density at radius 3 is 2.36 bits per heavy atom. The zero-order valence-electron chi connectivity index (χ0n) is 14.5. The minimum Gasteiger partial charge on any atom is -0.457 e. The van der Waals surface area contributed by atoms with Gasteiger partial charge in [-0.05, 0) is 43.7 Å². The van der Waals surface area contributed by atoms with Crippen LogP contribution in [0.15, 0.2) is 54.6 Å². The molecular formula is C20H22O5. The molecule has 132 valence electrons. The van der Waals surface area contributed by atoms with Gasteiger partial charge in [0.15, 0.2) is 6.10 Å². The van der Waals surface area contributed by atoms with Crippen molar-refractivity contribution in [2.75, 3.05) is 7.11 Å². The fraction of sp³-hybridized carbons (Fsp3) is 0.350. The van der Waals surface area contributed by atoms with Crippen LogP contribution in [0.2, 0.25) is 0 Å². The summed E-state index contributed by atoms with van der Waals surface area (Å²) < 4.78 is 16.6. The van der Waals surface area contributed by atoms with E-state index in [4.69, 9.17) is 14.2 Å². The van der Waals surface area contributed by atoms with E-state index in [0.29, 0.717) is 5.75 Å². The fourth-order valence-corrected chi connectivity index (χ4v) is 3.21. The van der Waals surface area contributed by atoms with Gasteiger partial charge in [0, 0.05) is 7.11 Å². The molecule has 0 bridgehead atoms. The van der Waals surface area contributed by atoms with Gasteiger partial charge in [0.25, 0.3) is 0 Å². The highest BCUT2D eigenvalue weighted by Crippen LogP contribution is 2.43. The van der Waals surface area contributed by atoms with Crippen LogP contribution in [0, 0.1) is 5.92 Å². The number of hydrogen-bond acceptors (Lipinski definition) is 5. The minimum absolute atomic E-state index is 0.464. The van der Waals surface area contributed by atoms with Crippen molar-refractivity contribution < 1.29 is 24.1 Å². The summed E-state index contributed by atoms with van der Waals surface area (Å²) in [7, 11) is 1.45. The number of hydrogen-bond donors (Lipinski definition) is 1. The Hall–Kier alpha value is -2.37. The molecule has 0 amide bonds. The molecule has 0 aliphatic carbocycles. The first-order valence-corrected chi connectivity index (χ1v) is 8.18. The average Bonchev–Trinajstić information content (AvgIpc) is 2.93. The molecule has 3 unspecified atom stereocenters. The van der Waals surface area contributed by atoms with Gasteiger partial charge in [-0.1, -0.05) is 30.3 Å². The van der Waals surface area contributed by atoms with Crippen molar-refractivity contribution in [3.05, 3.63) is 60.2 Å². The molecule has 0 saturated carbocycles. The van der Waals surface area contributed by atoms with E-state index >= 15 is 0 Å². The molecule has 0 spiro atoms. The molecule has 0 radical (unpaired) electrons. The lowest BCUT2D eigenvalue weighted by atomic mass is 9.81. The molecule has 1 heterocycles. The Labute approximate surface area is 147 Å². The van der Waals surface area contributed by atoms with Crippen molar-refractivity contribution in [3.63, 3.8) is 0 Å². The van der Waals surface area contributed by atoms with E-state index in [-0.39, 0.29) is 0 Å². The lowest BCUT2D eigenvalue weighted by Gasteiger charge is -2.31. The standard InChI is InChI=1S/C20H22O5/c1-20(2,22)16-17(25-19(21)18(16)23-3)13-8-7-11-15(12-13)24-14-9-5-4-6-10-14/h4-12,16-18,22H,1-3H3. The third-order valence-corrected chi connectivity index (χ3v) is 4.36. The van der Waals surface area contributed by atoms with Crippen LogP contribution in [0.3, 0.4) is 0 Å². The third kappa shape index (κ3) is 3.67. The van der Waals surface area contributed by atoms with E-state index in [9.17, 15) is 9.90 Å². The minimum atomic E-state index is -1.15. The van der Waals surface area contributed by atoms with Crippen LogP contribution in [-0.4, -0.2) is 29.9 Å². The van der Waals surface area contributed by atoms with E-state index < -0.39 is 29.7 Å². The summed E-state index contributed by atoms with van der Waals surface area (Å²) in [4.78, 5) is 12.1. The quantitative estimate of drug-likeness (QED) is 0.843. The molecule has 1 saturated heterocycles. The van der Waals surface area contributed by atoms with Gasteiger partial charge in [-0.25, -0.2) is 4.79 Å². The summed E-state index contributed by atoms with van der Waals surface area (Å²) >= 11 is 0. The van der Waals surface area contributed by atoms with Gasteiger partial charge < -0.3 is 19.3 Å². The molecule has 25 heavy (non-hydrogen) atoms. The summed E-state index contributed by atoms with van der Waals surface area (Å²) in [5.74, 6) is 0.373. The number of para-hydroxylation sites is 1. The van der Waals surface area contributed by atoms with Crippen molar-refractivity contribution in [2.45, 2.75) is 31.7 Å². The van der Waals surface area contributed by atoms with E-state index in [1.807, 2.05) is 54.6 Å². The Bertz CT molecular complexity index is 735. The number of ether oxygens (including phenoxy) is 3. The maximum absolute atomic E-state index is 12.1. The largest absolute Gasteiger partial charge is 0.457 e. The van der Waals surface area contributed by atoms with Crippen molar-refractivity contribution in [3.8, 4) is 11.5 Å². The van der Waals surface area contributed by atoms with Crippen LogP contribution in [0.25, 0.3) is 0 Å².